The van der Waals surface area contributed by atoms with Crippen molar-refractivity contribution in [2.75, 3.05) is 13.2 Å². The molecule has 2 atom stereocenters. The lowest BCUT2D eigenvalue weighted by Gasteiger charge is -2.24. The van der Waals surface area contributed by atoms with Crippen LogP contribution in [0.4, 0.5) is 0 Å². The van der Waals surface area contributed by atoms with Gasteiger partial charge in [0.2, 0.25) is 17.7 Å². The highest BCUT2D eigenvalue weighted by atomic mass is 16.5. The molecule has 3 amide bonds. The lowest BCUT2D eigenvalue weighted by molar-refractivity contribution is -0.139. The van der Waals surface area contributed by atoms with E-state index in [2.05, 4.69) is 29.8 Å². The van der Waals surface area contributed by atoms with E-state index in [1.54, 1.807) is 0 Å². The molecule has 0 radical (unpaired) electrons. The van der Waals surface area contributed by atoms with Crippen molar-refractivity contribution in [2.24, 2.45) is 0 Å². The van der Waals surface area contributed by atoms with Crippen molar-refractivity contribution in [1.29, 1.82) is 0 Å². The van der Waals surface area contributed by atoms with Crippen molar-refractivity contribution < 1.29 is 38.9 Å². The van der Waals surface area contributed by atoms with Gasteiger partial charge in [-0.1, -0.05) is 153 Å². The van der Waals surface area contributed by atoms with Crippen LogP contribution >= 0.6 is 0 Å². The van der Waals surface area contributed by atoms with Crippen molar-refractivity contribution in [3.05, 3.63) is 65.2 Å². The zero-order valence-corrected chi connectivity index (χ0v) is 33.4. The summed E-state index contributed by atoms with van der Waals surface area (Å²) in [5.74, 6) is -3.89. The van der Waals surface area contributed by atoms with E-state index in [-0.39, 0.29) is 30.1 Å². The van der Waals surface area contributed by atoms with Gasteiger partial charge in [0.15, 0.2) is 6.61 Å². The molecule has 0 saturated heterocycles. The lowest BCUT2D eigenvalue weighted by Crippen LogP contribution is -2.55. The van der Waals surface area contributed by atoms with Gasteiger partial charge in [-0.3, -0.25) is 14.4 Å². The Bertz CT molecular complexity index is 1420. The number of carboxylic acids is 2. The SMILES string of the molecule is CCCCCCCCCCCCCCCCCC(=O)N[C@@H](Cc1ccccc1)C(=O)N[C@@H](Cc1ccc(OCC(=O)O)c(C(=O)O)c1)C(=O)NCCCCC. The highest BCUT2D eigenvalue weighted by Crippen LogP contribution is 2.22. The van der Waals surface area contributed by atoms with Crippen LogP contribution in [-0.2, 0) is 32.0 Å². The Hall–Kier alpha value is -4.41. The summed E-state index contributed by atoms with van der Waals surface area (Å²) in [6.45, 7) is 3.99. The average molecular weight is 766 g/mol. The first kappa shape index (κ1) is 46.7. The molecule has 2 aromatic carbocycles. The maximum absolute atomic E-state index is 13.9. The average Bonchev–Trinajstić information content (AvgIpc) is 3.17. The number of unbranched alkanes of at least 4 members (excludes halogenated alkanes) is 16. The quantitative estimate of drug-likeness (QED) is 0.0465. The van der Waals surface area contributed by atoms with E-state index < -0.39 is 42.4 Å². The number of amides is 3. The van der Waals surface area contributed by atoms with E-state index in [1.807, 2.05) is 30.3 Å². The summed E-state index contributed by atoms with van der Waals surface area (Å²) in [5.41, 5.74) is 1.00. The predicted octanol–water partition coefficient (Wildman–Crippen LogP) is 8.17. The number of aromatic carboxylic acids is 1. The van der Waals surface area contributed by atoms with Crippen LogP contribution in [0, 0.1) is 0 Å². The Morgan fingerprint density at radius 3 is 1.69 bits per heavy atom. The van der Waals surface area contributed by atoms with Gasteiger partial charge in [0.25, 0.3) is 0 Å². The Balaban J connectivity index is 1.99. The van der Waals surface area contributed by atoms with Crippen molar-refractivity contribution in [3.63, 3.8) is 0 Å². The Morgan fingerprint density at radius 2 is 1.13 bits per heavy atom. The normalized spacial score (nSPS) is 12.0. The zero-order valence-electron chi connectivity index (χ0n) is 33.4. The highest BCUT2D eigenvalue weighted by molar-refractivity contribution is 5.93. The van der Waals surface area contributed by atoms with Gasteiger partial charge in [0, 0.05) is 25.8 Å². The Labute approximate surface area is 328 Å². The van der Waals surface area contributed by atoms with Crippen LogP contribution in [0.25, 0.3) is 0 Å². The fraction of sp³-hybridized carbons (Fsp3) is 0.614. The van der Waals surface area contributed by atoms with Crippen LogP contribution in [0.2, 0.25) is 0 Å². The number of benzene rings is 2. The molecule has 11 nitrogen and oxygen atoms in total. The van der Waals surface area contributed by atoms with Crippen LogP contribution in [0.3, 0.4) is 0 Å². The molecule has 0 saturated carbocycles. The van der Waals surface area contributed by atoms with Gasteiger partial charge in [-0.2, -0.15) is 0 Å². The third-order valence-electron chi connectivity index (χ3n) is 9.72. The van der Waals surface area contributed by atoms with Crippen molar-refractivity contribution in [1.82, 2.24) is 16.0 Å². The van der Waals surface area contributed by atoms with Gasteiger partial charge in [0.05, 0.1) is 0 Å². The van der Waals surface area contributed by atoms with Crippen molar-refractivity contribution >= 4 is 29.7 Å². The second-order valence-electron chi connectivity index (χ2n) is 14.6. The second-order valence-corrected chi connectivity index (χ2v) is 14.6. The minimum Gasteiger partial charge on any atom is -0.481 e. The number of carbonyl (C=O) groups is 5. The molecule has 55 heavy (non-hydrogen) atoms. The number of ether oxygens (including phenoxy) is 1. The topological polar surface area (TPSA) is 171 Å². The first-order chi connectivity index (χ1) is 26.6. The van der Waals surface area contributed by atoms with Gasteiger partial charge in [0.1, 0.15) is 23.4 Å². The number of rotatable bonds is 32. The lowest BCUT2D eigenvalue weighted by atomic mass is 10.00. The smallest absolute Gasteiger partial charge is 0.341 e. The molecule has 11 heteroatoms. The summed E-state index contributed by atoms with van der Waals surface area (Å²) in [6, 6.07) is 11.5. The maximum Gasteiger partial charge on any atom is 0.341 e. The fourth-order valence-electron chi connectivity index (χ4n) is 6.55. The van der Waals surface area contributed by atoms with Crippen LogP contribution in [0.5, 0.6) is 5.75 Å². The minimum absolute atomic E-state index is 0.0457. The molecule has 0 aliphatic carbocycles. The second kappa shape index (κ2) is 29.0. The van der Waals surface area contributed by atoms with Gasteiger partial charge in [-0.15, -0.1) is 0 Å². The summed E-state index contributed by atoms with van der Waals surface area (Å²) in [5, 5.41) is 27.4. The van der Waals surface area contributed by atoms with Gasteiger partial charge < -0.3 is 30.9 Å². The fourth-order valence-corrected chi connectivity index (χ4v) is 6.55. The summed E-state index contributed by atoms with van der Waals surface area (Å²) in [6.07, 6.45) is 21.6. The first-order valence-electron chi connectivity index (χ1n) is 20.8. The molecule has 0 aliphatic heterocycles. The summed E-state index contributed by atoms with van der Waals surface area (Å²) in [7, 11) is 0. The molecule has 0 spiro atoms. The molecular formula is C44H67N3O8. The molecule has 0 aliphatic rings. The number of hydrogen-bond acceptors (Lipinski definition) is 6. The van der Waals surface area contributed by atoms with E-state index >= 15 is 0 Å². The maximum atomic E-state index is 13.9. The number of aliphatic carboxylic acids is 1. The molecule has 2 rings (SSSR count). The van der Waals surface area contributed by atoms with Crippen LogP contribution < -0.4 is 20.7 Å². The summed E-state index contributed by atoms with van der Waals surface area (Å²) < 4.78 is 5.15. The number of carboxylic acid groups (broad SMARTS) is 2. The third kappa shape index (κ3) is 21.3. The largest absolute Gasteiger partial charge is 0.481 e. The van der Waals surface area contributed by atoms with E-state index in [0.29, 0.717) is 18.5 Å². The molecule has 306 valence electrons. The van der Waals surface area contributed by atoms with E-state index in [0.717, 1.165) is 50.5 Å². The molecule has 0 aromatic heterocycles. The highest BCUT2D eigenvalue weighted by Gasteiger charge is 2.28. The number of hydrogen-bond donors (Lipinski definition) is 5. The van der Waals surface area contributed by atoms with Gasteiger partial charge >= 0.3 is 11.9 Å². The van der Waals surface area contributed by atoms with Crippen molar-refractivity contribution in [3.8, 4) is 5.75 Å². The molecule has 0 unspecified atom stereocenters. The van der Waals surface area contributed by atoms with Gasteiger partial charge in [-0.05, 0) is 36.1 Å². The minimum atomic E-state index is -1.33. The van der Waals surface area contributed by atoms with Crippen LogP contribution in [0.15, 0.2) is 48.5 Å². The molecule has 0 fully saturated rings. The van der Waals surface area contributed by atoms with Crippen molar-refractivity contribution in [2.45, 2.75) is 161 Å². The van der Waals surface area contributed by atoms with E-state index in [9.17, 15) is 29.1 Å². The third-order valence-corrected chi connectivity index (χ3v) is 9.72. The standard InChI is InChI=1S/C44H67N3O8/c1-3-5-7-8-9-10-11-12-13-14-15-16-17-18-22-26-40(48)46-38(31-34-24-20-19-21-25-34)43(52)47-37(42(51)45-29-23-6-4-2)32-35-27-28-39(55-33-41(49)50)36(30-35)44(53)54/h19-21,24-25,27-28,30,37-38H,3-18,22-23,26,29,31-33H2,1-2H3,(H,45,51)(H,46,48)(H,47,52)(H,49,50)(H,53,54)/t37-,38-/m0/s1. The van der Waals surface area contributed by atoms with Crippen LogP contribution in [-0.4, -0.2) is 65.1 Å². The number of carbonyl (C=O) groups excluding carboxylic acids is 3. The van der Waals surface area contributed by atoms with Crippen LogP contribution in [0.1, 0.15) is 157 Å². The summed E-state index contributed by atoms with van der Waals surface area (Å²) in [4.78, 5) is 63.5. The monoisotopic (exact) mass is 765 g/mol. The molecule has 5 N–H and O–H groups in total. The number of nitrogens with one attached hydrogen (secondary N) is 3. The molecule has 2 aromatic rings. The molecule has 0 heterocycles. The van der Waals surface area contributed by atoms with Gasteiger partial charge in [-0.25, -0.2) is 9.59 Å². The molecule has 0 bridgehead atoms. The van der Waals surface area contributed by atoms with E-state index in [1.165, 1.54) is 88.8 Å². The first-order valence-corrected chi connectivity index (χ1v) is 20.8. The Kier molecular flexibility index (Phi) is 24.6. The van der Waals surface area contributed by atoms with E-state index in [4.69, 9.17) is 9.84 Å². The summed E-state index contributed by atoms with van der Waals surface area (Å²) >= 11 is 0. The Morgan fingerprint density at radius 1 is 0.600 bits per heavy atom. The zero-order chi connectivity index (χ0) is 40.1. The predicted molar refractivity (Wildman–Crippen MR) is 216 cm³/mol. The molecular weight excluding hydrogens is 698 g/mol.